The number of fused-ring (bicyclic) bond motifs is 1. The SMILES string of the molecule is COc1ccc2nc(SCC(=O)O)n(C(C)C(C)C)c2c1. The predicted molar refractivity (Wildman–Crippen MR) is 84.2 cm³/mol. The molecule has 0 fully saturated rings. The topological polar surface area (TPSA) is 64.3 Å². The number of rotatable bonds is 6. The zero-order chi connectivity index (χ0) is 15.6. The molecule has 1 atom stereocenters. The monoisotopic (exact) mass is 308 g/mol. The lowest BCUT2D eigenvalue weighted by atomic mass is 10.1. The average molecular weight is 308 g/mol. The van der Waals surface area contributed by atoms with Gasteiger partial charge in [-0.3, -0.25) is 4.79 Å². The fourth-order valence-electron chi connectivity index (χ4n) is 2.10. The van der Waals surface area contributed by atoms with Crippen LogP contribution in [0.3, 0.4) is 0 Å². The third kappa shape index (κ3) is 3.32. The van der Waals surface area contributed by atoms with Gasteiger partial charge in [-0.25, -0.2) is 4.98 Å². The molecule has 2 rings (SSSR count). The van der Waals surface area contributed by atoms with E-state index in [1.54, 1.807) is 7.11 Å². The van der Waals surface area contributed by atoms with Crippen LogP contribution in [0.2, 0.25) is 0 Å². The molecule has 0 aliphatic carbocycles. The number of carbonyl (C=O) groups is 1. The van der Waals surface area contributed by atoms with Gasteiger partial charge in [0.05, 0.1) is 23.9 Å². The van der Waals surface area contributed by atoms with E-state index < -0.39 is 5.97 Å². The van der Waals surface area contributed by atoms with Crippen LogP contribution < -0.4 is 4.74 Å². The summed E-state index contributed by atoms with van der Waals surface area (Å²) in [6, 6.07) is 5.94. The standard InChI is InChI=1S/C15H20N2O3S/c1-9(2)10(3)17-13-7-11(20-4)5-6-12(13)16-15(17)21-8-14(18)19/h5-7,9-10H,8H2,1-4H3,(H,18,19). The molecule has 0 aliphatic rings. The minimum atomic E-state index is -0.839. The third-order valence-corrected chi connectivity index (χ3v) is 4.50. The average Bonchev–Trinajstić information content (AvgIpc) is 2.81. The van der Waals surface area contributed by atoms with Crippen molar-refractivity contribution in [3.63, 3.8) is 0 Å². The number of thioether (sulfide) groups is 1. The lowest BCUT2D eigenvalue weighted by molar-refractivity contribution is -0.133. The molecule has 0 bridgehead atoms. The Balaban J connectivity index is 2.55. The van der Waals surface area contributed by atoms with Gasteiger partial charge in [0.2, 0.25) is 0 Å². The van der Waals surface area contributed by atoms with Gasteiger partial charge < -0.3 is 14.4 Å². The number of benzene rings is 1. The van der Waals surface area contributed by atoms with Crippen LogP contribution in [-0.2, 0) is 4.79 Å². The fourth-order valence-corrected chi connectivity index (χ4v) is 2.92. The van der Waals surface area contributed by atoms with Crippen molar-refractivity contribution in [2.75, 3.05) is 12.9 Å². The maximum Gasteiger partial charge on any atom is 0.313 e. The van der Waals surface area contributed by atoms with Crippen molar-refractivity contribution in [3.8, 4) is 5.75 Å². The number of methoxy groups -OCH3 is 1. The summed E-state index contributed by atoms with van der Waals surface area (Å²) >= 11 is 1.25. The molecule has 2 aromatic rings. The van der Waals surface area contributed by atoms with Crippen molar-refractivity contribution in [1.29, 1.82) is 0 Å². The molecule has 0 amide bonds. The second kappa shape index (κ2) is 6.39. The number of carboxylic acids is 1. The van der Waals surface area contributed by atoms with Crippen molar-refractivity contribution in [3.05, 3.63) is 18.2 Å². The molecule has 1 aromatic carbocycles. The summed E-state index contributed by atoms with van der Waals surface area (Å²) in [5, 5.41) is 9.63. The van der Waals surface area contributed by atoms with Crippen LogP contribution in [0.5, 0.6) is 5.75 Å². The van der Waals surface area contributed by atoms with Crippen LogP contribution in [0.1, 0.15) is 26.8 Å². The van der Waals surface area contributed by atoms with E-state index in [1.807, 2.05) is 18.2 Å². The molecule has 6 heteroatoms. The van der Waals surface area contributed by atoms with Gasteiger partial charge in [0.25, 0.3) is 0 Å². The first-order valence-electron chi connectivity index (χ1n) is 6.84. The number of carboxylic acid groups (broad SMARTS) is 1. The fraction of sp³-hybridized carbons (Fsp3) is 0.467. The molecule has 1 unspecified atom stereocenters. The predicted octanol–water partition coefficient (Wildman–Crippen LogP) is 3.44. The highest BCUT2D eigenvalue weighted by Crippen LogP contribution is 2.32. The minimum Gasteiger partial charge on any atom is -0.497 e. The second-order valence-corrected chi connectivity index (χ2v) is 6.23. The van der Waals surface area contributed by atoms with E-state index >= 15 is 0 Å². The number of aromatic nitrogens is 2. The van der Waals surface area contributed by atoms with Gasteiger partial charge in [0.15, 0.2) is 5.16 Å². The van der Waals surface area contributed by atoms with Crippen LogP contribution in [-0.4, -0.2) is 33.5 Å². The van der Waals surface area contributed by atoms with Gasteiger partial charge in [0.1, 0.15) is 5.75 Å². The molecule has 114 valence electrons. The molecule has 0 saturated heterocycles. The molecule has 0 spiro atoms. The number of imidazole rings is 1. The van der Waals surface area contributed by atoms with Crippen LogP contribution >= 0.6 is 11.8 Å². The van der Waals surface area contributed by atoms with Crippen molar-refractivity contribution < 1.29 is 14.6 Å². The Morgan fingerprint density at radius 3 is 2.71 bits per heavy atom. The molecular weight excluding hydrogens is 288 g/mol. The van der Waals surface area contributed by atoms with Gasteiger partial charge in [-0.05, 0) is 25.0 Å². The van der Waals surface area contributed by atoms with Crippen molar-refractivity contribution in [2.24, 2.45) is 5.92 Å². The Kier molecular flexibility index (Phi) is 4.77. The van der Waals surface area contributed by atoms with E-state index in [-0.39, 0.29) is 11.8 Å². The normalized spacial score (nSPS) is 12.8. The van der Waals surface area contributed by atoms with E-state index in [0.717, 1.165) is 21.9 Å². The van der Waals surface area contributed by atoms with E-state index in [0.29, 0.717) is 5.92 Å². The Morgan fingerprint density at radius 2 is 2.14 bits per heavy atom. The summed E-state index contributed by atoms with van der Waals surface area (Å²) in [6.07, 6.45) is 0. The van der Waals surface area contributed by atoms with Gasteiger partial charge in [-0.15, -0.1) is 0 Å². The van der Waals surface area contributed by atoms with Crippen LogP contribution in [0.4, 0.5) is 0 Å². The van der Waals surface area contributed by atoms with E-state index in [2.05, 4.69) is 30.3 Å². The zero-order valence-corrected chi connectivity index (χ0v) is 13.5. The highest BCUT2D eigenvalue weighted by Gasteiger charge is 2.19. The summed E-state index contributed by atoms with van der Waals surface area (Å²) in [5.74, 6) is 0.353. The first kappa shape index (κ1) is 15.7. The smallest absolute Gasteiger partial charge is 0.313 e. The summed E-state index contributed by atoms with van der Waals surface area (Å²) in [5.41, 5.74) is 1.83. The van der Waals surface area contributed by atoms with E-state index in [4.69, 9.17) is 9.84 Å². The molecule has 1 aromatic heterocycles. The quantitative estimate of drug-likeness (QED) is 0.828. The maximum atomic E-state index is 10.8. The number of nitrogens with zero attached hydrogens (tertiary/aromatic N) is 2. The summed E-state index contributed by atoms with van der Waals surface area (Å²) in [6.45, 7) is 6.40. The van der Waals surface area contributed by atoms with E-state index in [9.17, 15) is 4.79 Å². The first-order valence-corrected chi connectivity index (χ1v) is 7.83. The number of hydrogen-bond acceptors (Lipinski definition) is 4. The van der Waals surface area contributed by atoms with Crippen molar-refractivity contribution >= 4 is 28.8 Å². The van der Waals surface area contributed by atoms with Gasteiger partial charge >= 0.3 is 5.97 Å². The molecule has 1 heterocycles. The van der Waals surface area contributed by atoms with Gasteiger partial charge in [0, 0.05) is 12.1 Å². The Morgan fingerprint density at radius 1 is 1.43 bits per heavy atom. The van der Waals surface area contributed by atoms with Gasteiger partial charge in [-0.2, -0.15) is 0 Å². The lowest BCUT2D eigenvalue weighted by Crippen LogP contribution is -2.13. The molecule has 21 heavy (non-hydrogen) atoms. The molecule has 0 radical (unpaired) electrons. The van der Waals surface area contributed by atoms with Crippen molar-refractivity contribution in [1.82, 2.24) is 9.55 Å². The summed E-state index contributed by atoms with van der Waals surface area (Å²) in [7, 11) is 1.63. The van der Waals surface area contributed by atoms with Crippen LogP contribution in [0, 0.1) is 5.92 Å². The van der Waals surface area contributed by atoms with Crippen LogP contribution in [0.15, 0.2) is 23.4 Å². The maximum absolute atomic E-state index is 10.8. The summed E-state index contributed by atoms with van der Waals surface area (Å²) < 4.78 is 7.39. The van der Waals surface area contributed by atoms with E-state index in [1.165, 1.54) is 11.8 Å². The Labute approximate surface area is 128 Å². The largest absolute Gasteiger partial charge is 0.497 e. The molecule has 1 N–H and O–H groups in total. The molecule has 5 nitrogen and oxygen atoms in total. The number of aliphatic carboxylic acids is 1. The Hall–Kier alpha value is -1.69. The Bertz CT molecular complexity index is 652. The van der Waals surface area contributed by atoms with Crippen LogP contribution in [0.25, 0.3) is 11.0 Å². The number of ether oxygens (including phenoxy) is 1. The zero-order valence-electron chi connectivity index (χ0n) is 12.7. The third-order valence-electron chi connectivity index (χ3n) is 3.56. The molecular formula is C15H20N2O3S. The lowest BCUT2D eigenvalue weighted by Gasteiger charge is -2.20. The van der Waals surface area contributed by atoms with Gasteiger partial charge in [-0.1, -0.05) is 25.6 Å². The highest BCUT2D eigenvalue weighted by molar-refractivity contribution is 7.99. The molecule has 0 saturated carbocycles. The molecule has 0 aliphatic heterocycles. The van der Waals surface area contributed by atoms with Crippen molar-refractivity contribution in [2.45, 2.75) is 32.0 Å². The highest BCUT2D eigenvalue weighted by atomic mass is 32.2. The number of hydrogen-bond donors (Lipinski definition) is 1. The first-order chi connectivity index (χ1) is 9.93. The summed E-state index contributed by atoms with van der Waals surface area (Å²) in [4.78, 5) is 15.4. The minimum absolute atomic E-state index is 0.00523. The second-order valence-electron chi connectivity index (χ2n) is 5.29.